The smallest absolute Gasteiger partial charge is 0.0460 e. The first-order valence-corrected chi connectivity index (χ1v) is 4.91. The zero-order chi connectivity index (χ0) is 6.27. The standard InChI is InChI=1S/C7H8S2/c1-5-4-9-6-2-3-8-7(5)6/h2-4,6-7H,1H3. The minimum Gasteiger partial charge on any atom is -0.125 e. The highest BCUT2D eigenvalue weighted by Gasteiger charge is 2.29. The van der Waals surface area contributed by atoms with Crippen molar-refractivity contribution in [3.05, 3.63) is 22.5 Å². The molecule has 2 atom stereocenters. The largest absolute Gasteiger partial charge is 0.125 e. The maximum absolute atomic E-state index is 2.30. The van der Waals surface area contributed by atoms with Gasteiger partial charge in [0.15, 0.2) is 0 Å². The predicted octanol–water partition coefficient (Wildman–Crippen LogP) is 2.63. The van der Waals surface area contributed by atoms with Gasteiger partial charge in [-0.3, -0.25) is 0 Å². The Balaban J connectivity index is 2.22. The van der Waals surface area contributed by atoms with Crippen molar-refractivity contribution in [2.75, 3.05) is 0 Å². The summed E-state index contributed by atoms with van der Waals surface area (Å²) in [4.78, 5) is 0. The average Bonchev–Trinajstić information content (AvgIpc) is 2.35. The van der Waals surface area contributed by atoms with Crippen molar-refractivity contribution in [1.82, 2.24) is 0 Å². The van der Waals surface area contributed by atoms with Crippen LogP contribution < -0.4 is 0 Å². The zero-order valence-corrected chi connectivity index (χ0v) is 6.84. The molecule has 2 rings (SSSR count). The van der Waals surface area contributed by atoms with Gasteiger partial charge in [-0.05, 0) is 17.7 Å². The molecule has 2 heteroatoms. The van der Waals surface area contributed by atoms with Crippen molar-refractivity contribution in [2.45, 2.75) is 17.4 Å². The number of rotatable bonds is 0. The third-order valence-corrected chi connectivity index (χ3v) is 4.35. The molecule has 0 N–H and O–H groups in total. The second-order valence-corrected chi connectivity index (χ2v) is 4.45. The molecule has 48 valence electrons. The molecule has 0 fully saturated rings. The Morgan fingerprint density at radius 2 is 2.33 bits per heavy atom. The van der Waals surface area contributed by atoms with E-state index in [9.17, 15) is 0 Å². The molecule has 0 aliphatic carbocycles. The summed E-state index contributed by atoms with van der Waals surface area (Å²) in [5.74, 6) is 0. The van der Waals surface area contributed by atoms with Crippen LogP contribution in [0.15, 0.2) is 22.5 Å². The highest BCUT2D eigenvalue weighted by Crippen LogP contribution is 2.43. The van der Waals surface area contributed by atoms with Crippen molar-refractivity contribution in [2.24, 2.45) is 0 Å². The van der Waals surface area contributed by atoms with Gasteiger partial charge < -0.3 is 0 Å². The molecule has 0 amide bonds. The van der Waals surface area contributed by atoms with Crippen LogP contribution in [0.5, 0.6) is 0 Å². The van der Waals surface area contributed by atoms with Crippen LogP contribution in [0, 0.1) is 0 Å². The van der Waals surface area contributed by atoms with Crippen LogP contribution in [0.3, 0.4) is 0 Å². The summed E-state index contributed by atoms with van der Waals surface area (Å²) in [7, 11) is 0. The normalized spacial score (nSPS) is 39.0. The first-order valence-electron chi connectivity index (χ1n) is 3.02. The van der Waals surface area contributed by atoms with Gasteiger partial charge in [0.2, 0.25) is 0 Å². The fraction of sp³-hybridized carbons (Fsp3) is 0.429. The van der Waals surface area contributed by atoms with Crippen LogP contribution in [-0.2, 0) is 0 Å². The van der Waals surface area contributed by atoms with Gasteiger partial charge in [0.25, 0.3) is 0 Å². The van der Waals surface area contributed by atoms with Crippen LogP contribution in [0.4, 0.5) is 0 Å². The molecule has 0 saturated carbocycles. The fourth-order valence-corrected chi connectivity index (χ4v) is 3.70. The number of hydrogen-bond acceptors (Lipinski definition) is 2. The summed E-state index contributed by atoms with van der Waals surface area (Å²) >= 11 is 3.90. The first-order chi connectivity index (χ1) is 4.38. The molecule has 0 aromatic rings. The Morgan fingerprint density at radius 1 is 1.44 bits per heavy atom. The fourth-order valence-electron chi connectivity index (χ4n) is 1.12. The van der Waals surface area contributed by atoms with Gasteiger partial charge in [0, 0.05) is 10.5 Å². The summed E-state index contributed by atoms with van der Waals surface area (Å²) in [6, 6.07) is 0. The summed E-state index contributed by atoms with van der Waals surface area (Å²) in [5.41, 5.74) is 1.54. The molecule has 0 aromatic heterocycles. The highest BCUT2D eigenvalue weighted by molar-refractivity contribution is 8.08. The monoisotopic (exact) mass is 156 g/mol. The summed E-state index contributed by atoms with van der Waals surface area (Å²) in [5, 5.41) is 6.04. The maximum atomic E-state index is 2.30. The molecule has 9 heavy (non-hydrogen) atoms. The summed E-state index contributed by atoms with van der Waals surface area (Å²) in [6.45, 7) is 2.22. The molecular formula is C7H8S2. The SMILES string of the molecule is CC1=CSC2C=CSC12. The van der Waals surface area contributed by atoms with Crippen LogP contribution in [0.1, 0.15) is 6.92 Å². The van der Waals surface area contributed by atoms with E-state index in [1.54, 1.807) is 5.57 Å². The number of hydrogen-bond donors (Lipinski definition) is 0. The van der Waals surface area contributed by atoms with Gasteiger partial charge in [-0.1, -0.05) is 11.6 Å². The molecule has 0 bridgehead atoms. The van der Waals surface area contributed by atoms with Gasteiger partial charge in [-0.25, -0.2) is 0 Å². The lowest BCUT2D eigenvalue weighted by atomic mass is 10.2. The summed E-state index contributed by atoms with van der Waals surface area (Å²) in [6.07, 6.45) is 2.30. The van der Waals surface area contributed by atoms with Crippen LogP contribution in [-0.4, -0.2) is 10.5 Å². The molecular weight excluding hydrogens is 148 g/mol. The summed E-state index contributed by atoms with van der Waals surface area (Å²) < 4.78 is 0. The van der Waals surface area contributed by atoms with Crippen LogP contribution >= 0.6 is 23.5 Å². The Kier molecular flexibility index (Phi) is 1.38. The van der Waals surface area contributed by atoms with E-state index in [1.165, 1.54) is 0 Å². The van der Waals surface area contributed by atoms with Crippen LogP contribution in [0.25, 0.3) is 0 Å². The Morgan fingerprint density at radius 3 is 3.11 bits per heavy atom. The maximum Gasteiger partial charge on any atom is 0.0460 e. The van der Waals surface area contributed by atoms with E-state index in [2.05, 4.69) is 23.8 Å². The van der Waals surface area contributed by atoms with Crippen molar-refractivity contribution >= 4 is 23.5 Å². The van der Waals surface area contributed by atoms with Crippen molar-refractivity contribution in [1.29, 1.82) is 0 Å². The van der Waals surface area contributed by atoms with Gasteiger partial charge in [-0.15, -0.1) is 23.5 Å². The lowest BCUT2D eigenvalue weighted by Gasteiger charge is -2.07. The molecule has 2 heterocycles. The zero-order valence-electron chi connectivity index (χ0n) is 5.20. The van der Waals surface area contributed by atoms with E-state index in [0.29, 0.717) is 0 Å². The highest BCUT2D eigenvalue weighted by atomic mass is 32.2. The van der Waals surface area contributed by atoms with E-state index in [4.69, 9.17) is 0 Å². The molecule has 0 spiro atoms. The van der Waals surface area contributed by atoms with Crippen molar-refractivity contribution in [3.63, 3.8) is 0 Å². The van der Waals surface area contributed by atoms with Crippen LogP contribution in [0.2, 0.25) is 0 Å². The lowest BCUT2D eigenvalue weighted by molar-refractivity contribution is 1.06. The minimum atomic E-state index is 0.759. The second-order valence-electron chi connectivity index (χ2n) is 2.35. The van der Waals surface area contributed by atoms with Gasteiger partial charge in [0.05, 0.1) is 0 Å². The Bertz CT molecular complexity index is 181. The number of fused-ring (bicyclic) bond motifs is 1. The predicted molar refractivity (Wildman–Crippen MR) is 45.7 cm³/mol. The molecule has 0 aromatic carbocycles. The quantitative estimate of drug-likeness (QED) is 0.529. The van der Waals surface area contributed by atoms with E-state index in [-0.39, 0.29) is 0 Å². The first kappa shape index (κ1) is 5.93. The molecule has 0 nitrogen and oxygen atoms in total. The number of thioether (sulfide) groups is 2. The van der Waals surface area contributed by atoms with Gasteiger partial charge in [-0.2, -0.15) is 0 Å². The third-order valence-electron chi connectivity index (χ3n) is 1.65. The van der Waals surface area contributed by atoms with Gasteiger partial charge >= 0.3 is 0 Å². The molecule has 0 saturated heterocycles. The van der Waals surface area contributed by atoms with E-state index < -0.39 is 0 Å². The van der Waals surface area contributed by atoms with E-state index in [0.717, 1.165) is 10.5 Å². The second kappa shape index (κ2) is 2.10. The van der Waals surface area contributed by atoms with Gasteiger partial charge in [0.1, 0.15) is 0 Å². The van der Waals surface area contributed by atoms with E-state index in [1.807, 2.05) is 23.5 Å². The van der Waals surface area contributed by atoms with Crippen molar-refractivity contribution < 1.29 is 0 Å². The third kappa shape index (κ3) is 0.849. The lowest BCUT2D eigenvalue weighted by Crippen LogP contribution is -2.08. The van der Waals surface area contributed by atoms with Crippen molar-refractivity contribution in [3.8, 4) is 0 Å². The topological polar surface area (TPSA) is 0 Å². The van der Waals surface area contributed by atoms with E-state index >= 15 is 0 Å². The molecule has 2 aliphatic heterocycles. The Labute approximate surface area is 63.8 Å². The molecule has 2 unspecified atom stereocenters. The average molecular weight is 156 g/mol. The Hall–Kier alpha value is 0.180. The molecule has 2 aliphatic rings. The minimum absolute atomic E-state index is 0.759. The molecule has 0 radical (unpaired) electrons.